The third-order valence-corrected chi connectivity index (χ3v) is 4.05. The zero-order chi connectivity index (χ0) is 13.5. The third-order valence-electron chi connectivity index (χ3n) is 3.32. The molecule has 0 fully saturated rings. The zero-order valence-electron chi connectivity index (χ0n) is 11.5. The number of thiophene rings is 1. The van der Waals surface area contributed by atoms with Crippen LogP contribution in [0.5, 0.6) is 0 Å². The molecule has 0 spiro atoms. The molecule has 3 heteroatoms. The van der Waals surface area contributed by atoms with Crippen molar-refractivity contribution < 1.29 is 0 Å². The normalized spacial score (nSPS) is 12.8. The van der Waals surface area contributed by atoms with E-state index in [0.29, 0.717) is 0 Å². The fraction of sp³-hybridized carbons (Fsp3) is 0.375. The van der Waals surface area contributed by atoms with Crippen molar-refractivity contribution in [3.8, 4) is 0 Å². The van der Waals surface area contributed by atoms with E-state index >= 15 is 0 Å². The van der Waals surface area contributed by atoms with E-state index in [1.165, 1.54) is 11.1 Å². The van der Waals surface area contributed by atoms with Crippen LogP contribution in [0.4, 0.5) is 0 Å². The molecule has 2 N–H and O–H groups in total. The van der Waals surface area contributed by atoms with Gasteiger partial charge < -0.3 is 10.6 Å². The topological polar surface area (TPSA) is 29.3 Å². The van der Waals surface area contributed by atoms with Crippen LogP contribution in [0.2, 0.25) is 0 Å². The van der Waals surface area contributed by atoms with E-state index in [4.69, 9.17) is 5.73 Å². The Morgan fingerprint density at radius 2 is 2.00 bits per heavy atom. The van der Waals surface area contributed by atoms with Crippen molar-refractivity contribution in [2.75, 3.05) is 13.6 Å². The van der Waals surface area contributed by atoms with Crippen LogP contribution in [-0.4, -0.2) is 18.5 Å². The predicted molar refractivity (Wildman–Crippen MR) is 83.3 cm³/mol. The molecule has 1 unspecified atom stereocenters. The van der Waals surface area contributed by atoms with Gasteiger partial charge in [0.2, 0.25) is 0 Å². The van der Waals surface area contributed by atoms with Gasteiger partial charge in [-0.05, 0) is 54.4 Å². The molecule has 0 aliphatic carbocycles. The highest BCUT2D eigenvalue weighted by molar-refractivity contribution is 7.07. The summed E-state index contributed by atoms with van der Waals surface area (Å²) >= 11 is 1.76. The van der Waals surface area contributed by atoms with Gasteiger partial charge in [-0.2, -0.15) is 11.3 Å². The molecule has 0 amide bonds. The number of rotatable bonds is 7. The van der Waals surface area contributed by atoms with Crippen molar-refractivity contribution in [2.24, 2.45) is 5.73 Å². The van der Waals surface area contributed by atoms with E-state index in [0.717, 1.165) is 25.9 Å². The van der Waals surface area contributed by atoms with Gasteiger partial charge in [-0.3, -0.25) is 0 Å². The molecular weight excluding hydrogens is 252 g/mol. The van der Waals surface area contributed by atoms with Gasteiger partial charge in [0, 0.05) is 12.6 Å². The molecule has 0 saturated heterocycles. The summed E-state index contributed by atoms with van der Waals surface area (Å²) in [5.41, 5.74) is 8.84. The molecule has 0 saturated carbocycles. The highest BCUT2D eigenvalue weighted by Crippen LogP contribution is 2.15. The van der Waals surface area contributed by atoms with Gasteiger partial charge >= 0.3 is 0 Å². The van der Waals surface area contributed by atoms with Crippen LogP contribution in [0.25, 0.3) is 0 Å². The summed E-state index contributed by atoms with van der Waals surface area (Å²) in [6, 6.07) is 12.7. The molecule has 2 nitrogen and oxygen atoms in total. The van der Waals surface area contributed by atoms with Crippen LogP contribution in [0, 0.1) is 0 Å². The average Bonchev–Trinajstić information content (AvgIpc) is 2.92. The first-order valence-corrected chi connectivity index (χ1v) is 7.70. The van der Waals surface area contributed by atoms with Gasteiger partial charge in [0.05, 0.1) is 0 Å². The monoisotopic (exact) mass is 274 g/mol. The van der Waals surface area contributed by atoms with E-state index in [-0.39, 0.29) is 6.04 Å². The second kappa shape index (κ2) is 7.43. The molecule has 2 rings (SSSR count). The largest absolute Gasteiger partial charge is 0.324 e. The smallest absolute Gasteiger partial charge is 0.0295 e. The van der Waals surface area contributed by atoms with Crippen LogP contribution in [0.3, 0.4) is 0 Å². The van der Waals surface area contributed by atoms with E-state index in [1.54, 1.807) is 11.3 Å². The highest BCUT2D eigenvalue weighted by Gasteiger charge is 2.06. The minimum atomic E-state index is 0.163. The number of nitrogens with two attached hydrogens (primary N) is 1. The minimum Gasteiger partial charge on any atom is -0.324 e. The fourth-order valence-corrected chi connectivity index (χ4v) is 2.88. The maximum Gasteiger partial charge on any atom is 0.0295 e. The quantitative estimate of drug-likeness (QED) is 0.835. The maximum absolute atomic E-state index is 6.20. The lowest BCUT2D eigenvalue weighted by atomic mass is 10.0. The van der Waals surface area contributed by atoms with Crippen molar-refractivity contribution in [1.29, 1.82) is 0 Å². The highest BCUT2D eigenvalue weighted by atomic mass is 32.1. The van der Waals surface area contributed by atoms with Crippen molar-refractivity contribution in [3.63, 3.8) is 0 Å². The average molecular weight is 274 g/mol. The van der Waals surface area contributed by atoms with Crippen molar-refractivity contribution in [1.82, 2.24) is 4.90 Å². The van der Waals surface area contributed by atoms with Crippen LogP contribution in [0.15, 0.2) is 47.2 Å². The number of hydrogen-bond donors (Lipinski definition) is 1. The standard InChI is InChI=1S/C16H22N2S/c1-18(12-14-9-11-19-13-14)10-5-8-16(17)15-6-3-2-4-7-15/h2-4,6-7,9,11,13,16H,5,8,10,12,17H2,1H3. The molecule has 0 aliphatic heterocycles. The summed E-state index contributed by atoms with van der Waals surface area (Å²) < 4.78 is 0. The van der Waals surface area contributed by atoms with Gasteiger partial charge in [-0.25, -0.2) is 0 Å². The summed E-state index contributed by atoms with van der Waals surface area (Å²) in [5.74, 6) is 0. The summed E-state index contributed by atoms with van der Waals surface area (Å²) in [6.45, 7) is 2.13. The van der Waals surface area contributed by atoms with Crippen LogP contribution in [-0.2, 0) is 6.54 Å². The Morgan fingerprint density at radius 1 is 1.21 bits per heavy atom. The Morgan fingerprint density at radius 3 is 2.68 bits per heavy atom. The van der Waals surface area contributed by atoms with Crippen LogP contribution in [0.1, 0.15) is 30.0 Å². The Labute approximate surface area is 119 Å². The number of benzene rings is 1. The van der Waals surface area contributed by atoms with Gasteiger partial charge in [0.15, 0.2) is 0 Å². The van der Waals surface area contributed by atoms with Gasteiger partial charge in [0.25, 0.3) is 0 Å². The molecule has 0 radical (unpaired) electrons. The molecular formula is C16H22N2S. The van der Waals surface area contributed by atoms with Gasteiger partial charge in [0.1, 0.15) is 0 Å². The summed E-state index contributed by atoms with van der Waals surface area (Å²) in [5, 5.41) is 4.35. The molecule has 1 aromatic heterocycles. The summed E-state index contributed by atoms with van der Waals surface area (Å²) in [6.07, 6.45) is 2.18. The van der Waals surface area contributed by atoms with E-state index < -0.39 is 0 Å². The predicted octanol–water partition coefficient (Wildman–Crippen LogP) is 3.66. The van der Waals surface area contributed by atoms with E-state index in [9.17, 15) is 0 Å². The molecule has 0 aliphatic rings. The lowest BCUT2D eigenvalue weighted by Crippen LogP contribution is -2.20. The van der Waals surface area contributed by atoms with Crippen LogP contribution < -0.4 is 5.73 Å². The Balaban J connectivity index is 1.68. The van der Waals surface area contributed by atoms with E-state index in [1.807, 2.05) is 6.07 Å². The minimum absolute atomic E-state index is 0.163. The molecule has 1 atom stereocenters. The lowest BCUT2D eigenvalue weighted by Gasteiger charge is -2.17. The SMILES string of the molecule is CN(CCCC(N)c1ccccc1)Cc1ccsc1. The second-order valence-corrected chi connectivity index (χ2v) is 5.81. The Bertz CT molecular complexity index is 453. The molecule has 19 heavy (non-hydrogen) atoms. The Hall–Kier alpha value is -1.16. The van der Waals surface area contributed by atoms with Crippen molar-refractivity contribution >= 4 is 11.3 Å². The Kier molecular flexibility index (Phi) is 5.58. The summed E-state index contributed by atoms with van der Waals surface area (Å²) in [4.78, 5) is 2.36. The lowest BCUT2D eigenvalue weighted by molar-refractivity contribution is 0.314. The van der Waals surface area contributed by atoms with Gasteiger partial charge in [-0.15, -0.1) is 0 Å². The summed E-state index contributed by atoms with van der Waals surface area (Å²) in [7, 11) is 2.17. The molecule has 0 bridgehead atoms. The first-order valence-electron chi connectivity index (χ1n) is 6.76. The van der Waals surface area contributed by atoms with Crippen molar-refractivity contribution in [2.45, 2.75) is 25.4 Å². The molecule has 2 aromatic rings. The zero-order valence-corrected chi connectivity index (χ0v) is 12.3. The first-order chi connectivity index (χ1) is 9.25. The maximum atomic E-state index is 6.20. The first kappa shape index (κ1) is 14.3. The third kappa shape index (κ3) is 4.78. The second-order valence-electron chi connectivity index (χ2n) is 5.03. The van der Waals surface area contributed by atoms with Gasteiger partial charge in [-0.1, -0.05) is 30.3 Å². The number of nitrogens with zero attached hydrogens (tertiary/aromatic N) is 1. The number of hydrogen-bond acceptors (Lipinski definition) is 3. The molecule has 1 heterocycles. The molecule has 102 valence electrons. The molecule has 1 aromatic carbocycles. The van der Waals surface area contributed by atoms with Crippen molar-refractivity contribution in [3.05, 3.63) is 58.3 Å². The fourth-order valence-electron chi connectivity index (χ4n) is 2.22. The van der Waals surface area contributed by atoms with Crippen LogP contribution >= 0.6 is 11.3 Å². The van der Waals surface area contributed by atoms with E-state index in [2.05, 4.69) is 53.0 Å².